The first-order chi connectivity index (χ1) is 11.5. The van der Waals surface area contributed by atoms with E-state index in [1.165, 1.54) is 0 Å². The minimum Gasteiger partial charge on any atom is -0.395 e. The number of halogens is 16. The molecule has 0 aromatic carbocycles. The van der Waals surface area contributed by atoms with E-state index in [2.05, 4.69) is 0 Å². The molecule has 0 rings (SSSR count). The Morgan fingerprint density at radius 1 is 0.556 bits per heavy atom. The molecule has 0 saturated heterocycles. The Morgan fingerprint density at radius 3 is 1.15 bits per heavy atom. The lowest BCUT2D eigenvalue weighted by Crippen LogP contribution is -2.72. The predicted octanol–water partition coefficient (Wildman–Crippen LogP) is 5.55. The largest absolute Gasteiger partial charge is 0.460 e. The van der Waals surface area contributed by atoms with Crippen molar-refractivity contribution in [3.63, 3.8) is 0 Å². The van der Waals surface area contributed by atoms with E-state index in [1.54, 1.807) is 0 Å². The van der Waals surface area contributed by atoms with Crippen LogP contribution in [0.5, 0.6) is 0 Å². The van der Waals surface area contributed by atoms with E-state index in [-0.39, 0.29) is 0 Å². The van der Waals surface area contributed by atoms with Crippen LogP contribution in [0.2, 0.25) is 0 Å². The monoisotopic (exact) mass is 554 g/mol. The number of alkyl halides is 16. The summed E-state index contributed by atoms with van der Waals surface area (Å²) in [5.74, 6) is -46.4. The maximum absolute atomic E-state index is 13.3. The molecule has 1 unspecified atom stereocenters. The van der Waals surface area contributed by atoms with Gasteiger partial charge in [-0.1, -0.05) is 22.6 Å². The molecule has 0 aliphatic rings. The fourth-order valence-electron chi connectivity index (χ4n) is 1.47. The van der Waals surface area contributed by atoms with Crippen LogP contribution in [0.15, 0.2) is 0 Å². The lowest BCUT2D eigenvalue weighted by molar-refractivity contribution is -0.452. The molecular weight excluding hydrogens is 548 g/mol. The molecule has 0 radical (unpaired) electrons. The second kappa shape index (κ2) is 7.16. The Morgan fingerprint density at radius 2 is 0.852 bits per heavy atom. The summed E-state index contributed by atoms with van der Waals surface area (Å²) in [6.45, 7) is -1.41. The summed E-state index contributed by atoms with van der Waals surface area (Å²) in [4.78, 5) is 0. The van der Waals surface area contributed by atoms with Crippen LogP contribution in [0.1, 0.15) is 6.42 Å². The molecule has 0 aliphatic carbocycles. The lowest BCUT2D eigenvalue weighted by Gasteiger charge is -2.41. The first kappa shape index (κ1) is 26.6. The van der Waals surface area contributed by atoms with Gasteiger partial charge in [0.15, 0.2) is 0 Å². The van der Waals surface area contributed by atoms with Crippen molar-refractivity contribution in [2.75, 3.05) is 6.61 Å². The fraction of sp³-hybridized carbons (Fsp3) is 1.00. The van der Waals surface area contributed by atoms with Crippen molar-refractivity contribution < 1.29 is 71.0 Å². The van der Waals surface area contributed by atoms with Gasteiger partial charge in [0.1, 0.15) is 0 Å². The van der Waals surface area contributed by atoms with Crippen LogP contribution < -0.4 is 0 Å². The number of rotatable bonds is 8. The summed E-state index contributed by atoms with van der Waals surface area (Å²) in [5.41, 5.74) is 0. The first-order valence-corrected chi connectivity index (χ1v) is 7.28. The number of aliphatic hydroxyl groups is 1. The van der Waals surface area contributed by atoms with Crippen molar-refractivity contribution in [3.05, 3.63) is 0 Å². The Hall–Kier alpha value is -0.360. The van der Waals surface area contributed by atoms with Gasteiger partial charge < -0.3 is 5.11 Å². The fourth-order valence-corrected chi connectivity index (χ4v) is 2.02. The zero-order chi connectivity index (χ0) is 22.5. The maximum atomic E-state index is 13.3. The van der Waals surface area contributed by atoms with Gasteiger partial charge in [-0.3, -0.25) is 0 Å². The molecule has 0 heterocycles. The van der Waals surface area contributed by atoms with Gasteiger partial charge >= 0.3 is 41.7 Å². The molecule has 0 aliphatic heterocycles. The zero-order valence-electron chi connectivity index (χ0n) is 12.0. The molecule has 0 bridgehead atoms. The number of aliphatic hydroxyl groups excluding tert-OH is 1. The normalized spacial score (nSPS) is 17.2. The van der Waals surface area contributed by atoms with E-state index >= 15 is 0 Å². The molecule has 0 aromatic heterocycles. The third kappa shape index (κ3) is 3.90. The highest BCUT2D eigenvalue weighted by Crippen LogP contribution is 2.62. The standard InChI is InChI=1S/C10H6F15IO/c11-4(12,1-3(26)2-27)5(13,14)6(15,16)7(17,18)8(19,20)9(21,22)10(23,24)25/h3,27H,1-2H2. The summed E-state index contributed by atoms with van der Waals surface area (Å²) >= 11 is 0.747. The Balaban J connectivity index is 6.39. The topological polar surface area (TPSA) is 20.2 Å². The second-order valence-electron chi connectivity index (χ2n) is 5.06. The van der Waals surface area contributed by atoms with Gasteiger partial charge in [-0.2, -0.15) is 65.9 Å². The molecule has 0 amide bonds. The molecule has 17 heteroatoms. The summed E-state index contributed by atoms with van der Waals surface area (Å²) in [6, 6.07) is 0. The van der Waals surface area contributed by atoms with Crippen molar-refractivity contribution in [3.8, 4) is 0 Å². The highest BCUT2D eigenvalue weighted by Gasteiger charge is 2.93. The van der Waals surface area contributed by atoms with Crippen molar-refractivity contribution >= 4 is 22.6 Å². The maximum Gasteiger partial charge on any atom is 0.460 e. The molecule has 0 fully saturated rings. The van der Waals surface area contributed by atoms with Gasteiger partial charge in [-0.15, -0.1) is 0 Å². The number of hydrogen-bond acceptors (Lipinski definition) is 1. The van der Waals surface area contributed by atoms with E-state index in [4.69, 9.17) is 5.11 Å². The van der Waals surface area contributed by atoms with Crippen molar-refractivity contribution in [1.82, 2.24) is 0 Å². The van der Waals surface area contributed by atoms with Crippen molar-refractivity contribution in [2.24, 2.45) is 0 Å². The molecule has 1 N–H and O–H groups in total. The molecule has 0 saturated carbocycles. The smallest absolute Gasteiger partial charge is 0.395 e. The van der Waals surface area contributed by atoms with Crippen LogP contribution in [0.25, 0.3) is 0 Å². The SMILES string of the molecule is OCC(I)CC(F)(F)C(F)(F)C(F)(F)C(F)(F)C(F)(F)C(F)(F)C(F)(F)F. The molecule has 1 nitrogen and oxygen atoms in total. The molecule has 1 atom stereocenters. The van der Waals surface area contributed by atoms with Gasteiger partial charge in [0.2, 0.25) is 0 Å². The van der Waals surface area contributed by atoms with E-state index in [9.17, 15) is 65.9 Å². The van der Waals surface area contributed by atoms with Crippen LogP contribution >= 0.6 is 22.6 Å². The highest BCUT2D eigenvalue weighted by molar-refractivity contribution is 14.1. The Labute approximate surface area is 153 Å². The van der Waals surface area contributed by atoms with Gasteiger partial charge in [-0.25, -0.2) is 0 Å². The number of hydrogen-bond donors (Lipinski definition) is 1. The highest BCUT2D eigenvalue weighted by atomic mass is 127. The quantitative estimate of drug-likeness (QED) is 0.237. The average molecular weight is 554 g/mol. The third-order valence-corrected chi connectivity index (χ3v) is 3.90. The van der Waals surface area contributed by atoms with Crippen LogP contribution in [0.3, 0.4) is 0 Å². The lowest BCUT2D eigenvalue weighted by atomic mass is 9.90. The molecule has 164 valence electrons. The van der Waals surface area contributed by atoms with Gasteiger partial charge in [-0.05, 0) is 0 Å². The van der Waals surface area contributed by atoms with Gasteiger partial charge in [0.05, 0.1) is 6.61 Å². The molecule has 27 heavy (non-hydrogen) atoms. The Bertz CT molecular complexity index is 525. The minimum absolute atomic E-state index is 0.747. The molecule has 0 aromatic rings. The molecular formula is C10H6F15IO. The Kier molecular flexibility index (Phi) is 7.06. The average Bonchev–Trinajstić information content (AvgIpc) is 2.44. The van der Waals surface area contributed by atoms with Crippen molar-refractivity contribution in [1.29, 1.82) is 0 Å². The van der Waals surface area contributed by atoms with Crippen molar-refractivity contribution in [2.45, 2.75) is 52.1 Å². The van der Waals surface area contributed by atoms with Crippen LogP contribution in [0, 0.1) is 0 Å². The minimum atomic E-state index is -8.27. The molecule has 0 spiro atoms. The van der Waals surface area contributed by atoms with Crippen LogP contribution in [-0.4, -0.2) is 57.3 Å². The van der Waals surface area contributed by atoms with Crippen LogP contribution in [0.4, 0.5) is 65.9 Å². The van der Waals surface area contributed by atoms with E-state index in [0.717, 1.165) is 22.6 Å². The summed E-state index contributed by atoms with van der Waals surface area (Å²) < 4.78 is 190. The van der Waals surface area contributed by atoms with E-state index < -0.39 is 58.7 Å². The third-order valence-electron chi connectivity index (χ3n) is 3.07. The zero-order valence-corrected chi connectivity index (χ0v) is 14.1. The predicted molar refractivity (Wildman–Crippen MR) is 65.2 cm³/mol. The van der Waals surface area contributed by atoms with E-state index in [0.29, 0.717) is 0 Å². The van der Waals surface area contributed by atoms with Gasteiger partial charge in [0, 0.05) is 10.3 Å². The second-order valence-corrected chi connectivity index (χ2v) is 6.82. The summed E-state index contributed by atoms with van der Waals surface area (Å²) in [5, 5.41) is 8.39. The van der Waals surface area contributed by atoms with Crippen LogP contribution in [-0.2, 0) is 0 Å². The first-order valence-electron chi connectivity index (χ1n) is 6.04. The van der Waals surface area contributed by atoms with Gasteiger partial charge in [0.25, 0.3) is 0 Å². The van der Waals surface area contributed by atoms with E-state index in [1.807, 2.05) is 0 Å². The summed E-state index contributed by atoms with van der Waals surface area (Å²) in [7, 11) is 0. The summed E-state index contributed by atoms with van der Waals surface area (Å²) in [6.07, 6.45) is -10.1.